The molecule has 3 N–H and O–H groups in total. The van der Waals surface area contributed by atoms with Crippen LogP contribution >= 0.6 is 0 Å². The van der Waals surface area contributed by atoms with Crippen LogP contribution in [0.5, 0.6) is 0 Å². The molecule has 0 radical (unpaired) electrons. The summed E-state index contributed by atoms with van der Waals surface area (Å²) in [5, 5.41) is 16.6. The molecule has 2 fully saturated rings. The number of nitrogens with one attached hydrogen (secondary N) is 2. The van der Waals surface area contributed by atoms with Gasteiger partial charge in [0.15, 0.2) is 0 Å². The van der Waals surface area contributed by atoms with Crippen molar-refractivity contribution >= 4 is 0 Å². The molecule has 0 aromatic rings. The Bertz CT molecular complexity index is 208. The molecule has 2 aliphatic rings. The quantitative estimate of drug-likeness (QED) is 0.673. The van der Waals surface area contributed by atoms with Crippen molar-refractivity contribution in [2.45, 2.75) is 57.7 Å². The first-order valence-corrected chi connectivity index (χ1v) is 6.81. The van der Waals surface area contributed by atoms with E-state index in [-0.39, 0.29) is 6.10 Å². The summed E-state index contributed by atoms with van der Waals surface area (Å²) in [5.74, 6) is 1.52. The fourth-order valence-corrected chi connectivity index (χ4v) is 3.17. The van der Waals surface area contributed by atoms with Crippen LogP contribution in [-0.4, -0.2) is 36.4 Å². The van der Waals surface area contributed by atoms with Gasteiger partial charge in [0.2, 0.25) is 0 Å². The van der Waals surface area contributed by atoms with E-state index in [1.54, 1.807) is 0 Å². The van der Waals surface area contributed by atoms with E-state index in [1.165, 1.54) is 12.8 Å². The molecule has 0 aromatic heterocycles. The Morgan fingerprint density at radius 2 is 1.75 bits per heavy atom. The first-order valence-electron chi connectivity index (χ1n) is 6.81. The fourth-order valence-electron chi connectivity index (χ4n) is 3.17. The highest BCUT2D eigenvalue weighted by atomic mass is 16.3. The summed E-state index contributed by atoms with van der Waals surface area (Å²) in [6, 6.07) is 1.18. The molecule has 0 bridgehead atoms. The second-order valence-corrected chi connectivity index (χ2v) is 5.82. The second-order valence-electron chi connectivity index (χ2n) is 5.82. The monoisotopic (exact) mass is 226 g/mol. The average molecular weight is 226 g/mol. The highest BCUT2D eigenvalue weighted by Crippen LogP contribution is 2.35. The van der Waals surface area contributed by atoms with Gasteiger partial charge in [-0.15, -0.1) is 0 Å². The normalized spacial score (nSPS) is 33.8. The predicted octanol–water partition coefficient (Wildman–Crippen LogP) is 1.12. The molecule has 1 aliphatic carbocycles. The maximum atomic E-state index is 9.46. The van der Waals surface area contributed by atoms with Gasteiger partial charge in [-0.25, -0.2) is 0 Å². The molecule has 16 heavy (non-hydrogen) atoms. The Kier molecular flexibility index (Phi) is 4.22. The van der Waals surface area contributed by atoms with Crippen LogP contribution in [0.25, 0.3) is 0 Å². The maximum absolute atomic E-state index is 9.46. The molecule has 0 spiro atoms. The number of hydrogen-bond acceptors (Lipinski definition) is 3. The zero-order chi connectivity index (χ0) is 11.5. The first kappa shape index (κ1) is 12.3. The zero-order valence-electron chi connectivity index (χ0n) is 10.6. The Morgan fingerprint density at radius 3 is 2.25 bits per heavy atom. The van der Waals surface area contributed by atoms with E-state index in [0.717, 1.165) is 31.8 Å². The van der Waals surface area contributed by atoms with Crippen molar-refractivity contribution in [3.8, 4) is 0 Å². The third kappa shape index (κ3) is 2.96. The summed E-state index contributed by atoms with van der Waals surface area (Å²) in [6.07, 6.45) is 4.57. The summed E-state index contributed by atoms with van der Waals surface area (Å²) in [7, 11) is 0. The molecule has 0 aromatic carbocycles. The molecular formula is C13H26N2O. The average Bonchev–Trinajstić information content (AvgIpc) is 2.23. The molecule has 1 saturated carbocycles. The lowest BCUT2D eigenvalue weighted by atomic mass is 9.71. The van der Waals surface area contributed by atoms with Crippen LogP contribution in [0.2, 0.25) is 0 Å². The van der Waals surface area contributed by atoms with Gasteiger partial charge < -0.3 is 15.7 Å². The number of hydrogen-bond donors (Lipinski definition) is 3. The molecule has 0 amide bonds. The van der Waals surface area contributed by atoms with Crippen LogP contribution in [0, 0.1) is 11.8 Å². The Morgan fingerprint density at radius 1 is 1.12 bits per heavy atom. The molecule has 0 unspecified atom stereocenters. The van der Waals surface area contributed by atoms with Crippen molar-refractivity contribution in [2.24, 2.45) is 11.8 Å². The van der Waals surface area contributed by atoms with Crippen LogP contribution in [0.3, 0.4) is 0 Å². The lowest BCUT2D eigenvalue weighted by Gasteiger charge is -2.44. The molecule has 1 atom stereocenters. The largest absolute Gasteiger partial charge is 0.393 e. The van der Waals surface area contributed by atoms with Crippen molar-refractivity contribution in [2.75, 3.05) is 13.1 Å². The van der Waals surface area contributed by atoms with Crippen molar-refractivity contribution in [3.63, 3.8) is 0 Å². The number of aliphatic hydroxyl groups excluding tert-OH is 1. The Labute approximate surface area is 99.0 Å². The van der Waals surface area contributed by atoms with Gasteiger partial charge in [-0.2, -0.15) is 0 Å². The van der Waals surface area contributed by atoms with E-state index in [2.05, 4.69) is 24.5 Å². The topological polar surface area (TPSA) is 44.3 Å². The summed E-state index contributed by atoms with van der Waals surface area (Å²) in [4.78, 5) is 0. The van der Waals surface area contributed by atoms with Crippen LogP contribution in [0.1, 0.15) is 39.5 Å². The highest BCUT2D eigenvalue weighted by Gasteiger charge is 2.38. The fraction of sp³-hybridized carbons (Fsp3) is 1.00. The summed E-state index contributed by atoms with van der Waals surface area (Å²) in [5.41, 5.74) is 0. The van der Waals surface area contributed by atoms with Crippen molar-refractivity contribution in [1.29, 1.82) is 0 Å². The molecule has 1 aliphatic heterocycles. The van der Waals surface area contributed by atoms with Crippen LogP contribution in [-0.2, 0) is 0 Å². The van der Waals surface area contributed by atoms with Crippen molar-refractivity contribution in [1.82, 2.24) is 10.6 Å². The molecule has 3 heteroatoms. The molecule has 1 heterocycles. The van der Waals surface area contributed by atoms with E-state index < -0.39 is 0 Å². The van der Waals surface area contributed by atoms with Crippen LogP contribution in [0.15, 0.2) is 0 Å². The third-order valence-electron chi connectivity index (χ3n) is 4.07. The van der Waals surface area contributed by atoms with Crippen molar-refractivity contribution < 1.29 is 5.11 Å². The smallest absolute Gasteiger partial charge is 0.0546 e. The standard InChI is InChI=1S/C13H26N2O/c1-9(2)15-13(11-7-12(16)8-11)10-3-5-14-6-4-10/h9-16H,3-8H2,1-2H3/t11?,12?,13-/m0/s1. The first-order chi connectivity index (χ1) is 7.66. The number of aliphatic hydroxyl groups is 1. The predicted molar refractivity (Wildman–Crippen MR) is 66.4 cm³/mol. The minimum absolute atomic E-state index is 0.0248. The Balaban J connectivity index is 1.90. The van der Waals surface area contributed by atoms with Gasteiger partial charge in [0.25, 0.3) is 0 Å². The molecule has 94 valence electrons. The van der Waals surface area contributed by atoms with E-state index >= 15 is 0 Å². The molecule has 2 rings (SSSR count). The molecular weight excluding hydrogens is 200 g/mol. The summed E-state index contributed by atoms with van der Waals surface area (Å²) in [6.45, 7) is 6.78. The van der Waals surface area contributed by atoms with Gasteiger partial charge in [0.1, 0.15) is 0 Å². The number of piperidine rings is 1. The van der Waals surface area contributed by atoms with Crippen molar-refractivity contribution in [3.05, 3.63) is 0 Å². The van der Waals surface area contributed by atoms with E-state index in [9.17, 15) is 5.11 Å². The van der Waals surface area contributed by atoms with E-state index in [1.807, 2.05) is 0 Å². The zero-order valence-corrected chi connectivity index (χ0v) is 10.6. The summed E-state index contributed by atoms with van der Waals surface area (Å²) < 4.78 is 0. The van der Waals surface area contributed by atoms with E-state index in [0.29, 0.717) is 18.0 Å². The van der Waals surface area contributed by atoms with Crippen LogP contribution < -0.4 is 10.6 Å². The van der Waals surface area contributed by atoms with Gasteiger partial charge in [0, 0.05) is 12.1 Å². The van der Waals surface area contributed by atoms with Gasteiger partial charge in [0.05, 0.1) is 6.10 Å². The second kappa shape index (κ2) is 5.48. The third-order valence-corrected chi connectivity index (χ3v) is 4.07. The maximum Gasteiger partial charge on any atom is 0.0546 e. The lowest BCUT2D eigenvalue weighted by molar-refractivity contribution is 0.00710. The van der Waals surface area contributed by atoms with Gasteiger partial charge in [-0.05, 0) is 50.6 Å². The Hall–Kier alpha value is -0.120. The van der Waals surface area contributed by atoms with Gasteiger partial charge in [-0.3, -0.25) is 0 Å². The minimum Gasteiger partial charge on any atom is -0.393 e. The SMILES string of the molecule is CC(C)N[C@@H](C1CCNCC1)C1CC(O)C1. The van der Waals surface area contributed by atoms with Crippen LogP contribution in [0.4, 0.5) is 0 Å². The minimum atomic E-state index is -0.0248. The highest BCUT2D eigenvalue weighted by molar-refractivity contribution is 4.93. The van der Waals surface area contributed by atoms with E-state index in [4.69, 9.17) is 0 Å². The van der Waals surface area contributed by atoms with Gasteiger partial charge >= 0.3 is 0 Å². The summed E-state index contributed by atoms with van der Waals surface area (Å²) >= 11 is 0. The number of rotatable bonds is 4. The lowest BCUT2D eigenvalue weighted by Crippen LogP contribution is -2.52. The molecule has 3 nitrogen and oxygen atoms in total. The van der Waals surface area contributed by atoms with Gasteiger partial charge in [-0.1, -0.05) is 13.8 Å². The molecule has 1 saturated heterocycles.